The van der Waals surface area contributed by atoms with Crippen LogP contribution < -0.4 is 16.1 Å². The molecule has 0 unspecified atom stereocenters. The third-order valence-electron chi connectivity index (χ3n) is 4.77. The zero-order chi connectivity index (χ0) is 18.4. The summed E-state index contributed by atoms with van der Waals surface area (Å²) in [5, 5.41) is 11.4. The molecule has 0 heterocycles. The Bertz CT molecular complexity index is 799. The summed E-state index contributed by atoms with van der Waals surface area (Å²) < 4.78 is 0. The summed E-state index contributed by atoms with van der Waals surface area (Å²) >= 11 is 0. The molecule has 0 aliphatic heterocycles. The third-order valence-corrected chi connectivity index (χ3v) is 4.77. The smallest absolute Gasteiger partial charge is 0.141 e. The van der Waals surface area contributed by atoms with Crippen molar-refractivity contribution in [2.24, 2.45) is 0 Å². The molecule has 0 spiro atoms. The van der Waals surface area contributed by atoms with E-state index < -0.39 is 0 Å². The molecule has 26 heavy (non-hydrogen) atoms. The van der Waals surface area contributed by atoms with Crippen molar-refractivity contribution in [3.05, 3.63) is 85.0 Å². The van der Waals surface area contributed by atoms with Gasteiger partial charge in [-0.1, -0.05) is 55.6 Å². The zero-order valence-electron chi connectivity index (χ0n) is 15.5. The summed E-state index contributed by atoms with van der Waals surface area (Å²) in [5.74, 6) is 0.865. The number of hydrogen-bond donors (Lipinski definition) is 3. The standard InChI is InChI=1S/C22H28N4/c1-4-21(24-19-13-9-14-19)22(23-5-2)25-26(3)16-18-12-8-11-17-10-6-7-15-20(17)18/h4-8,10-12,15,19,23-25H,1-2,9,13-14,16H2,3H3/b22-21+. The monoisotopic (exact) mass is 348 g/mol. The molecule has 1 saturated carbocycles. The SMILES string of the molecule is C=CN/C(NN(C)Cc1cccc2ccccc12)=C(/C=C)NC1CCC1. The van der Waals surface area contributed by atoms with Crippen molar-refractivity contribution in [1.82, 2.24) is 21.1 Å². The van der Waals surface area contributed by atoms with Crippen LogP contribution in [-0.2, 0) is 6.54 Å². The molecule has 4 heteroatoms. The Morgan fingerprint density at radius 1 is 1.15 bits per heavy atom. The normalized spacial score (nSPS) is 15.2. The minimum atomic E-state index is 0.537. The van der Waals surface area contributed by atoms with Crippen LogP contribution in [0.2, 0.25) is 0 Å². The van der Waals surface area contributed by atoms with Crippen LogP contribution in [0.25, 0.3) is 10.8 Å². The molecule has 2 aromatic carbocycles. The highest BCUT2D eigenvalue weighted by Gasteiger charge is 2.18. The first-order valence-electron chi connectivity index (χ1n) is 9.16. The summed E-state index contributed by atoms with van der Waals surface area (Å²) in [6.45, 7) is 8.53. The van der Waals surface area contributed by atoms with Gasteiger partial charge in [-0.3, -0.25) is 0 Å². The lowest BCUT2D eigenvalue weighted by Crippen LogP contribution is -2.42. The molecule has 1 aliphatic rings. The highest BCUT2D eigenvalue weighted by molar-refractivity contribution is 5.85. The number of hydrazine groups is 1. The van der Waals surface area contributed by atoms with Crippen molar-refractivity contribution in [1.29, 1.82) is 0 Å². The highest BCUT2D eigenvalue weighted by atomic mass is 15.5. The number of nitrogens with one attached hydrogen (secondary N) is 3. The number of rotatable bonds is 9. The molecular formula is C22H28N4. The second-order valence-corrected chi connectivity index (χ2v) is 6.72. The number of nitrogens with zero attached hydrogens (tertiary/aromatic N) is 1. The van der Waals surface area contributed by atoms with E-state index in [4.69, 9.17) is 0 Å². The van der Waals surface area contributed by atoms with Gasteiger partial charge in [0.15, 0.2) is 0 Å². The Morgan fingerprint density at radius 2 is 1.92 bits per heavy atom. The molecule has 4 nitrogen and oxygen atoms in total. The maximum absolute atomic E-state index is 3.95. The summed E-state index contributed by atoms with van der Waals surface area (Å²) in [6, 6.07) is 15.4. The van der Waals surface area contributed by atoms with Gasteiger partial charge in [0, 0.05) is 19.6 Å². The Kier molecular flexibility index (Phi) is 5.97. The van der Waals surface area contributed by atoms with E-state index in [-0.39, 0.29) is 0 Å². The molecular weight excluding hydrogens is 320 g/mol. The maximum Gasteiger partial charge on any atom is 0.141 e. The van der Waals surface area contributed by atoms with Gasteiger partial charge in [-0.25, -0.2) is 5.01 Å². The van der Waals surface area contributed by atoms with Gasteiger partial charge in [-0.15, -0.1) is 0 Å². The number of hydrogen-bond acceptors (Lipinski definition) is 4. The highest BCUT2D eigenvalue weighted by Crippen LogP contribution is 2.21. The molecule has 0 saturated heterocycles. The van der Waals surface area contributed by atoms with Crippen molar-refractivity contribution in [3.63, 3.8) is 0 Å². The first-order valence-corrected chi connectivity index (χ1v) is 9.16. The van der Waals surface area contributed by atoms with E-state index >= 15 is 0 Å². The maximum atomic E-state index is 3.95. The predicted octanol–water partition coefficient (Wildman–Crippen LogP) is 4.01. The van der Waals surface area contributed by atoms with Crippen LogP contribution in [0.5, 0.6) is 0 Å². The largest absolute Gasteiger partial charge is 0.379 e. The van der Waals surface area contributed by atoms with Gasteiger partial charge in [0.05, 0.1) is 5.70 Å². The number of fused-ring (bicyclic) bond motifs is 1. The first-order chi connectivity index (χ1) is 12.7. The van der Waals surface area contributed by atoms with Crippen LogP contribution in [0.15, 0.2) is 79.4 Å². The molecule has 1 fully saturated rings. The lowest BCUT2D eigenvalue weighted by molar-refractivity contribution is 0.248. The van der Waals surface area contributed by atoms with Crippen molar-refractivity contribution in [2.45, 2.75) is 31.8 Å². The Labute approximate surface area is 156 Å². The van der Waals surface area contributed by atoms with Crippen molar-refractivity contribution < 1.29 is 0 Å². The second-order valence-electron chi connectivity index (χ2n) is 6.72. The molecule has 3 rings (SSSR count). The van der Waals surface area contributed by atoms with Gasteiger partial charge in [-0.2, -0.15) is 0 Å². The molecule has 0 aromatic heterocycles. The average Bonchev–Trinajstić information content (AvgIpc) is 2.61. The molecule has 0 amide bonds. The summed E-state index contributed by atoms with van der Waals surface area (Å²) in [5.41, 5.74) is 5.68. The summed E-state index contributed by atoms with van der Waals surface area (Å²) in [6.07, 6.45) is 7.25. The Hall–Kier alpha value is -2.72. The molecule has 0 radical (unpaired) electrons. The van der Waals surface area contributed by atoms with E-state index in [1.165, 1.54) is 35.6 Å². The van der Waals surface area contributed by atoms with Gasteiger partial charge in [0.25, 0.3) is 0 Å². The lowest BCUT2D eigenvalue weighted by Gasteiger charge is -2.30. The topological polar surface area (TPSA) is 39.3 Å². The average molecular weight is 348 g/mol. The van der Waals surface area contributed by atoms with E-state index in [0.717, 1.165) is 18.1 Å². The molecule has 1 aliphatic carbocycles. The fourth-order valence-corrected chi connectivity index (χ4v) is 3.19. The van der Waals surface area contributed by atoms with Gasteiger partial charge in [0.1, 0.15) is 5.82 Å². The van der Waals surface area contributed by atoms with E-state index in [2.05, 4.69) is 76.7 Å². The van der Waals surface area contributed by atoms with Crippen molar-refractivity contribution >= 4 is 10.8 Å². The van der Waals surface area contributed by atoms with Crippen LogP contribution >= 0.6 is 0 Å². The Balaban J connectivity index is 1.75. The quantitative estimate of drug-likeness (QED) is 0.473. The Morgan fingerprint density at radius 3 is 2.62 bits per heavy atom. The van der Waals surface area contributed by atoms with Crippen LogP contribution in [0.3, 0.4) is 0 Å². The zero-order valence-corrected chi connectivity index (χ0v) is 15.5. The van der Waals surface area contributed by atoms with Crippen LogP contribution in [-0.4, -0.2) is 18.1 Å². The van der Waals surface area contributed by atoms with Gasteiger partial charge in [-0.05, 0) is 47.9 Å². The minimum Gasteiger partial charge on any atom is -0.379 e. The van der Waals surface area contributed by atoms with E-state index in [9.17, 15) is 0 Å². The molecule has 0 bridgehead atoms. The van der Waals surface area contributed by atoms with E-state index in [1.807, 2.05) is 13.1 Å². The summed E-state index contributed by atoms with van der Waals surface area (Å²) in [4.78, 5) is 0. The number of allylic oxidation sites excluding steroid dienone is 1. The fraction of sp³-hybridized carbons (Fsp3) is 0.273. The molecule has 3 N–H and O–H groups in total. The molecule has 0 atom stereocenters. The van der Waals surface area contributed by atoms with E-state index in [0.29, 0.717) is 6.04 Å². The van der Waals surface area contributed by atoms with Crippen molar-refractivity contribution in [2.75, 3.05) is 7.05 Å². The van der Waals surface area contributed by atoms with Gasteiger partial charge >= 0.3 is 0 Å². The lowest BCUT2D eigenvalue weighted by atomic mass is 9.93. The second kappa shape index (κ2) is 8.59. The summed E-state index contributed by atoms with van der Waals surface area (Å²) in [7, 11) is 2.04. The molecule has 2 aromatic rings. The minimum absolute atomic E-state index is 0.537. The van der Waals surface area contributed by atoms with Gasteiger partial charge < -0.3 is 16.1 Å². The van der Waals surface area contributed by atoms with Crippen LogP contribution in [0.1, 0.15) is 24.8 Å². The first kappa shape index (κ1) is 18.1. The van der Waals surface area contributed by atoms with Crippen LogP contribution in [0, 0.1) is 0 Å². The van der Waals surface area contributed by atoms with Gasteiger partial charge in [0.2, 0.25) is 0 Å². The number of benzene rings is 2. The van der Waals surface area contributed by atoms with Crippen LogP contribution in [0.4, 0.5) is 0 Å². The third kappa shape index (κ3) is 4.27. The fourth-order valence-electron chi connectivity index (χ4n) is 3.19. The van der Waals surface area contributed by atoms with E-state index in [1.54, 1.807) is 6.20 Å². The predicted molar refractivity (Wildman–Crippen MR) is 110 cm³/mol. The molecule has 136 valence electrons. The van der Waals surface area contributed by atoms with Crippen molar-refractivity contribution in [3.8, 4) is 0 Å².